The van der Waals surface area contributed by atoms with Crippen molar-refractivity contribution < 1.29 is 4.79 Å². The Bertz CT molecular complexity index is 245. The van der Waals surface area contributed by atoms with Crippen molar-refractivity contribution in [3.63, 3.8) is 0 Å². The Kier molecular flexibility index (Phi) is 4.98. The highest BCUT2D eigenvalue weighted by Crippen LogP contribution is 2.17. The SMILES string of the molecule is CCNC(=O)CCN1CCCC1C(N)=S. The Morgan fingerprint density at radius 2 is 2.40 bits per heavy atom. The topological polar surface area (TPSA) is 58.4 Å². The number of amides is 1. The van der Waals surface area contributed by atoms with Crippen LogP contribution in [0.5, 0.6) is 0 Å². The lowest BCUT2D eigenvalue weighted by atomic mass is 10.2. The molecule has 1 amide bonds. The molecule has 86 valence electrons. The van der Waals surface area contributed by atoms with Crippen molar-refractivity contribution in [3.8, 4) is 0 Å². The minimum absolute atomic E-state index is 0.103. The van der Waals surface area contributed by atoms with Crippen molar-refractivity contribution in [1.29, 1.82) is 0 Å². The fraction of sp³-hybridized carbons (Fsp3) is 0.800. The molecule has 1 heterocycles. The second-order valence-electron chi connectivity index (χ2n) is 3.80. The molecule has 1 unspecified atom stereocenters. The smallest absolute Gasteiger partial charge is 0.221 e. The van der Waals surface area contributed by atoms with Gasteiger partial charge in [0.2, 0.25) is 5.91 Å². The van der Waals surface area contributed by atoms with Gasteiger partial charge in [-0.05, 0) is 26.3 Å². The van der Waals surface area contributed by atoms with Crippen molar-refractivity contribution in [2.75, 3.05) is 19.6 Å². The van der Waals surface area contributed by atoms with Gasteiger partial charge in [0.05, 0.1) is 11.0 Å². The lowest BCUT2D eigenvalue weighted by Crippen LogP contribution is -2.41. The summed E-state index contributed by atoms with van der Waals surface area (Å²) in [6.07, 6.45) is 2.69. The van der Waals surface area contributed by atoms with Gasteiger partial charge in [-0.25, -0.2) is 0 Å². The maximum atomic E-state index is 11.3. The summed E-state index contributed by atoms with van der Waals surface area (Å²) in [6, 6.07) is 0.203. The lowest BCUT2D eigenvalue weighted by Gasteiger charge is -2.22. The van der Waals surface area contributed by atoms with Crippen LogP contribution in [0.4, 0.5) is 0 Å². The number of carbonyl (C=O) groups is 1. The first-order valence-corrected chi connectivity index (χ1v) is 5.86. The molecule has 5 heteroatoms. The highest BCUT2D eigenvalue weighted by Gasteiger charge is 2.26. The van der Waals surface area contributed by atoms with Crippen LogP contribution in [0.2, 0.25) is 0 Å². The molecule has 0 radical (unpaired) electrons. The molecule has 0 bridgehead atoms. The molecule has 1 saturated heterocycles. The molecule has 0 spiro atoms. The van der Waals surface area contributed by atoms with Gasteiger partial charge in [-0.3, -0.25) is 9.69 Å². The number of likely N-dealkylation sites (tertiary alicyclic amines) is 1. The number of rotatable bonds is 5. The summed E-state index contributed by atoms with van der Waals surface area (Å²) in [5, 5.41) is 2.78. The zero-order chi connectivity index (χ0) is 11.3. The Balaban J connectivity index is 2.31. The van der Waals surface area contributed by atoms with Crippen LogP contribution >= 0.6 is 12.2 Å². The summed E-state index contributed by atoms with van der Waals surface area (Å²) in [6.45, 7) is 4.37. The average Bonchev–Trinajstić information content (AvgIpc) is 2.63. The van der Waals surface area contributed by atoms with Crippen LogP contribution in [-0.2, 0) is 4.79 Å². The summed E-state index contributed by atoms with van der Waals surface area (Å²) < 4.78 is 0. The Hall–Kier alpha value is -0.680. The van der Waals surface area contributed by atoms with E-state index in [1.807, 2.05) is 6.92 Å². The van der Waals surface area contributed by atoms with Crippen molar-refractivity contribution >= 4 is 23.1 Å². The largest absolute Gasteiger partial charge is 0.392 e. The summed E-state index contributed by atoms with van der Waals surface area (Å²) in [5.41, 5.74) is 5.64. The molecular weight excluding hydrogens is 210 g/mol. The van der Waals surface area contributed by atoms with Gasteiger partial charge >= 0.3 is 0 Å². The molecule has 0 aromatic heterocycles. The minimum atomic E-state index is 0.103. The van der Waals surface area contributed by atoms with E-state index < -0.39 is 0 Å². The second kappa shape index (κ2) is 6.02. The number of hydrogen-bond acceptors (Lipinski definition) is 3. The van der Waals surface area contributed by atoms with Gasteiger partial charge < -0.3 is 11.1 Å². The van der Waals surface area contributed by atoms with Crippen LogP contribution in [0.15, 0.2) is 0 Å². The Morgan fingerprint density at radius 1 is 1.67 bits per heavy atom. The fourth-order valence-corrected chi connectivity index (χ4v) is 2.21. The molecule has 15 heavy (non-hydrogen) atoms. The molecule has 3 N–H and O–H groups in total. The van der Waals surface area contributed by atoms with Crippen molar-refractivity contribution in [2.45, 2.75) is 32.2 Å². The second-order valence-corrected chi connectivity index (χ2v) is 4.27. The predicted octanol–water partition coefficient (Wildman–Crippen LogP) is 0.263. The lowest BCUT2D eigenvalue weighted by molar-refractivity contribution is -0.121. The first kappa shape index (κ1) is 12.4. The van der Waals surface area contributed by atoms with E-state index in [4.69, 9.17) is 18.0 Å². The Labute approximate surface area is 96.2 Å². The van der Waals surface area contributed by atoms with E-state index in [0.717, 1.165) is 25.9 Å². The highest BCUT2D eigenvalue weighted by molar-refractivity contribution is 7.80. The van der Waals surface area contributed by atoms with E-state index in [0.29, 0.717) is 18.0 Å². The van der Waals surface area contributed by atoms with E-state index in [1.54, 1.807) is 0 Å². The van der Waals surface area contributed by atoms with Crippen molar-refractivity contribution in [3.05, 3.63) is 0 Å². The van der Waals surface area contributed by atoms with Crippen LogP contribution in [0.1, 0.15) is 26.2 Å². The number of hydrogen-bond donors (Lipinski definition) is 2. The number of carbonyl (C=O) groups excluding carboxylic acids is 1. The monoisotopic (exact) mass is 229 g/mol. The average molecular weight is 229 g/mol. The minimum Gasteiger partial charge on any atom is -0.392 e. The van der Waals surface area contributed by atoms with Gasteiger partial charge in [0.15, 0.2) is 0 Å². The maximum Gasteiger partial charge on any atom is 0.221 e. The molecule has 1 atom stereocenters. The molecule has 4 nitrogen and oxygen atoms in total. The molecular formula is C10H19N3OS. The first-order valence-electron chi connectivity index (χ1n) is 5.45. The summed E-state index contributed by atoms with van der Waals surface area (Å²) in [4.78, 5) is 14.0. The first-order chi connectivity index (χ1) is 7.15. The molecule has 1 fully saturated rings. The van der Waals surface area contributed by atoms with Gasteiger partial charge in [-0.2, -0.15) is 0 Å². The maximum absolute atomic E-state index is 11.3. The van der Waals surface area contributed by atoms with E-state index in [9.17, 15) is 4.79 Å². The van der Waals surface area contributed by atoms with Crippen molar-refractivity contribution in [1.82, 2.24) is 10.2 Å². The molecule has 1 aliphatic heterocycles. The fourth-order valence-electron chi connectivity index (χ4n) is 1.95. The standard InChI is InChI=1S/C10H19N3OS/c1-2-12-9(14)5-7-13-6-3-4-8(13)10(11)15/h8H,2-7H2,1H3,(H2,11,15)(H,12,14). The number of nitrogens with zero attached hydrogens (tertiary/aromatic N) is 1. The third kappa shape index (κ3) is 3.76. The van der Waals surface area contributed by atoms with Gasteiger partial charge in [0.1, 0.15) is 0 Å². The summed E-state index contributed by atoms with van der Waals surface area (Å²) in [5.74, 6) is 0.103. The molecule has 0 aromatic rings. The molecule has 0 saturated carbocycles. The van der Waals surface area contributed by atoms with E-state index in [2.05, 4.69) is 10.2 Å². The van der Waals surface area contributed by atoms with E-state index in [-0.39, 0.29) is 11.9 Å². The van der Waals surface area contributed by atoms with Gasteiger partial charge in [0, 0.05) is 19.5 Å². The quantitative estimate of drug-likeness (QED) is 0.664. The van der Waals surface area contributed by atoms with Crippen LogP contribution in [0.25, 0.3) is 0 Å². The summed E-state index contributed by atoms with van der Waals surface area (Å²) in [7, 11) is 0. The molecule has 1 rings (SSSR count). The van der Waals surface area contributed by atoms with Gasteiger partial charge in [-0.15, -0.1) is 0 Å². The molecule has 0 aliphatic carbocycles. The highest BCUT2D eigenvalue weighted by atomic mass is 32.1. The van der Waals surface area contributed by atoms with Crippen LogP contribution < -0.4 is 11.1 Å². The Morgan fingerprint density at radius 3 is 3.00 bits per heavy atom. The van der Waals surface area contributed by atoms with Crippen LogP contribution in [0, 0.1) is 0 Å². The van der Waals surface area contributed by atoms with E-state index in [1.165, 1.54) is 0 Å². The normalized spacial score (nSPS) is 21.5. The summed E-state index contributed by atoms with van der Waals surface area (Å²) >= 11 is 5.00. The predicted molar refractivity (Wildman–Crippen MR) is 64.7 cm³/mol. The molecule has 1 aliphatic rings. The van der Waals surface area contributed by atoms with Crippen LogP contribution in [0.3, 0.4) is 0 Å². The van der Waals surface area contributed by atoms with Crippen molar-refractivity contribution in [2.24, 2.45) is 5.73 Å². The van der Waals surface area contributed by atoms with Gasteiger partial charge in [0.25, 0.3) is 0 Å². The molecule has 0 aromatic carbocycles. The number of nitrogens with two attached hydrogens (primary N) is 1. The zero-order valence-electron chi connectivity index (χ0n) is 9.16. The zero-order valence-corrected chi connectivity index (χ0v) is 9.98. The number of nitrogens with one attached hydrogen (secondary N) is 1. The van der Waals surface area contributed by atoms with E-state index >= 15 is 0 Å². The third-order valence-electron chi connectivity index (χ3n) is 2.69. The van der Waals surface area contributed by atoms with Crippen LogP contribution in [-0.4, -0.2) is 41.5 Å². The number of thiocarbonyl (C=S) groups is 1. The van der Waals surface area contributed by atoms with Gasteiger partial charge in [-0.1, -0.05) is 12.2 Å². The third-order valence-corrected chi connectivity index (χ3v) is 2.96.